The highest BCUT2D eigenvalue weighted by molar-refractivity contribution is 6.31. The number of ketones is 2. The first kappa shape index (κ1) is 25.0. The zero-order valence-electron chi connectivity index (χ0n) is 14.2. The number of nitrogens with zero attached hydrogens (tertiary/aromatic N) is 2. The lowest BCUT2D eigenvalue weighted by molar-refractivity contribution is 0.0979. The van der Waals surface area contributed by atoms with Gasteiger partial charge in [-0.1, -0.05) is 0 Å². The third kappa shape index (κ3) is 4.66. The molecule has 1 aromatic heterocycles. The van der Waals surface area contributed by atoms with Crippen LogP contribution in [0.1, 0.15) is 31.8 Å². The van der Waals surface area contributed by atoms with Gasteiger partial charge in [-0.05, 0) is 12.1 Å². The van der Waals surface area contributed by atoms with E-state index >= 15 is 0 Å². The second kappa shape index (κ2) is 11.0. The molecule has 0 spiro atoms. The Kier molecular flexibility index (Phi) is 10.2. The molecule has 0 unspecified atom stereocenters. The molecule has 0 fully saturated rings. The molecule has 148 valence electrons. The summed E-state index contributed by atoms with van der Waals surface area (Å²) in [6.45, 7) is 1.80. The largest absolute Gasteiger partial charge is 0.383 e. The zero-order chi connectivity index (χ0) is 17.1. The summed E-state index contributed by atoms with van der Waals surface area (Å²) in [5.74, 6) is -0.518. The summed E-state index contributed by atoms with van der Waals surface area (Å²) in [6, 6.07) is 3.52. The van der Waals surface area contributed by atoms with Crippen molar-refractivity contribution in [1.29, 1.82) is 0 Å². The molecule has 1 aliphatic rings. The van der Waals surface area contributed by atoms with Crippen LogP contribution in [0.25, 0.3) is 0 Å². The third-order valence-corrected chi connectivity index (χ3v) is 3.80. The number of aromatic nitrogens is 2. The molecule has 8 nitrogen and oxygen atoms in total. The quantitative estimate of drug-likeness (QED) is 0.454. The molecule has 2 aromatic rings. The summed E-state index contributed by atoms with van der Waals surface area (Å²) >= 11 is 0. The predicted octanol–water partition coefficient (Wildman–Crippen LogP) is 1.26. The summed E-state index contributed by atoms with van der Waals surface area (Å²) in [6.07, 6.45) is 2.65. The SMILES string of the molecule is Cl.Cl.Cl.NCCNc1ccc(NCCN)c2c1C(=O)c1cnncc1C2=O. The van der Waals surface area contributed by atoms with Crippen molar-refractivity contribution in [2.75, 3.05) is 36.8 Å². The van der Waals surface area contributed by atoms with Crippen molar-refractivity contribution in [3.63, 3.8) is 0 Å². The van der Waals surface area contributed by atoms with Gasteiger partial charge < -0.3 is 22.1 Å². The van der Waals surface area contributed by atoms with Gasteiger partial charge in [0.1, 0.15) is 0 Å². The Morgan fingerprint density at radius 1 is 0.741 bits per heavy atom. The van der Waals surface area contributed by atoms with Crippen molar-refractivity contribution in [1.82, 2.24) is 10.2 Å². The number of hydrogen-bond donors (Lipinski definition) is 4. The molecule has 6 N–H and O–H groups in total. The van der Waals surface area contributed by atoms with E-state index in [0.717, 1.165) is 0 Å². The van der Waals surface area contributed by atoms with E-state index in [1.165, 1.54) is 12.4 Å². The van der Waals surface area contributed by atoms with E-state index in [2.05, 4.69) is 20.8 Å². The van der Waals surface area contributed by atoms with Gasteiger partial charge >= 0.3 is 0 Å². The van der Waals surface area contributed by atoms with Gasteiger partial charge in [-0.15, -0.1) is 37.2 Å². The Hall–Kier alpha value is -1.97. The monoisotopic (exact) mass is 434 g/mol. The fraction of sp³-hybridized carbons (Fsp3) is 0.250. The summed E-state index contributed by atoms with van der Waals surface area (Å²) in [5.41, 5.74) is 13.4. The van der Waals surface area contributed by atoms with Crippen molar-refractivity contribution < 1.29 is 9.59 Å². The number of fused-ring (bicyclic) bond motifs is 2. The Balaban J connectivity index is 0.00000225. The highest BCUT2D eigenvalue weighted by atomic mass is 35.5. The summed E-state index contributed by atoms with van der Waals surface area (Å²) in [5, 5.41) is 13.7. The number of nitrogens with two attached hydrogens (primary N) is 2. The van der Waals surface area contributed by atoms with Crippen LogP contribution in [-0.2, 0) is 0 Å². The molecule has 0 aliphatic heterocycles. The normalized spacial score (nSPS) is 11.2. The lowest BCUT2D eigenvalue weighted by Crippen LogP contribution is -2.26. The van der Waals surface area contributed by atoms with Gasteiger partial charge in [0.2, 0.25) is 0 Å². The highest BCUT2D eigenvalue weighted by Crippen LogP contribution is 2.35. The van der Waals surface area contributed by atoms with Gasteiger partial charge in [0.05, 0.1) is 34.6 Å². The van der Waals surface area contributed by atoms with Gasteiger partial charge in [0, 0.05) is 37.6 Å². The van der Waals surface area contributed by atoms with E-state index in [9.17, 15) is 9.59 Å². The van der Waals surface area contributed by atoms with Gasteiger partial charge in [0.15, 0.2) is 11.6 Å². The number of nitrogens with one attached hydrogen (secondary N) is 2. The first-order valence-electron chi connectivity index (χ1n) is 7.64. The number of rotatable bonds is 6. The Bertz CT molecular complexity index is 753. The Morgan fingerprint density at radius 3 is 1.44 bits per heavy atom. The van der Waals surface area contributed by atoms with Crippen LogP contribution in [0.5, 0.6) is 0 Å². The van der Waals surface area contributed by atoms with Crippen molar-refractivity contribution >= 4 is 60.2 Å². The first-order chi connectivity index (χ1) is 11.7. The molecular formula is C16H21Cl3N6O2. The Morgan fingerprint density at radius 2 is 1.11 bits per heavy atom. The average molecular weight is 436 g/mol. The van der Waals surface area contributed by atoms with Crippen LogP contribution in [-0.4, -0.2) is 47.9 Å². The second-order valence-electron chi connectivity index (χ2n) is 5.32. The minimum absolute atomic E-state index is 0. The van der Waals surface area contributed by atoms with Crippen molar-refractivity contribution in [2.45, 2.75) is 0 Å². The van der Waals surface area contributed by atoms with Crippen molar-refractivity contribution in [3.05, 3.63) is 46.8 Å². The zero-order valence-corrected chi connectivity index (χ0v) is 16.7. The van der Waals surface area contributed by atoms with Gasteiger partial charge in [-0.2, -0.15) is 10.2 Å². The fourth-order valence-electron chi connectivity index (χ4n) is 2.74. The van der Waals surface area contributed by atoms with Gasteiger partial charge in [-0.25, -0.2) is 0 Å². The topological polar surface area (TPSA) is 136 Å². The maximum atomic E-state index is 12.9. The average Bonchev–Trinajstić information content (AvgIpc) is 2.62. The van der Waals surface area contributed by atoms with Gasteiger partial charge in [-0.3, -0.25) is 9.59 Å². The van der Waals surface area contributed by atoms with E-state index in [-0.39, 0.29) is 59.9 Å². The smallest absolute Gasteiger partial charge is 0.198 e. The fourth-order valence-corrected chi connectivity index (χ4v) is 2.74. The first-order valence-corrected chi connectivity index (χ1v) is 7.64. The number of anilines is 2. The molecule has 3 rings (SSSR count). The maximum Gasteiger partial charge on any atom is 0.198 e. The lowest BCUT2D eigenvalue weighted by Gasteiger charge is -2.23. The molecule has 0 bridgehead atoms. The second-order valence-corrected chi connectivity index (χ2v) is 5.32. The number of benzene rings is 1. The van der Waals surface area contributed by atoms with E-state index in [1.54, 1.807) is 12.1 Å². The van der Waals surface area contributed by atoms with Crippen LogP contribution in [0.2, 0.25) is 0 Å². The molecular weight excluding hydrogens is 415 g/mol. The number of halogens is 3. The molecule has 0 atom stereocenters. The summed E-state index contributed by atoms with van der Waals surface area (Å²) in [7, 11) is 0. The number of carbonyl (C=O) groups is 2. The lowest BCUT2D eigenvalue weighted by atomic mass is 9.83. The minimum Gasteiger partial charge on any atom is -0.383 e. The molecule has 0 radical (unpaired) electrons. The molecule has 27 heavy (non-hydrogen) atoms. The maximum absolute atomic E-state index is 12.9. The summed E-state index contributed by atoms with van der Waals surface area (Å²) < 4.78 is 0. The van der Waals surface area contributed by atoms with E-state index in [4.69, 9.17) is 11.5 Å². The predicted molar refractivity (Wildman–Crippen MR) is 112 cm³/mol. The van der Waals surface area contributed by atoms with E-state index in [0.29, 0.717) is 48.7 Å². The molecule has 0 saturated carbocycles. The standard InChI is InChI=1S/C16H18N6O2.3ClH/c17-3-5-19-11-1-2-12(20-6-4-18)14-13(11)15(23)9-7-21-22-8-10(9)16(14)24;;;/h1-2,7-8,19-20H,3-6,17-18H2;3*1H. The highest BCUT2D eigenvalue weighted by Gasteiger charge is 2.34. The van der Waals surface area contributed by atoms with Crippen LogP contribution in [0.3, 0.4) is 0 Å². The number of carbonyl (C=O) groups excluding carboxylic acids is 2. The molecule has 1 aliphatic carbocycles. The third-order valence-electron chi connectivity index (χ3n) is 3.80. The van der Waals surface area contributed by atoms with Crippen LogP contribution in [0.4, 0.5) is 11.4 Å². The van der Waals surface area contributed by atoms with Crippen molar-refractivity contribution in [3.8, 4) is 0 Å². The van der Waals surface area contributed by atoms with Crippen LogP contribution < -0.4 is 22.1 Å². The molecule has 0 amide bonds. The molecule has 1 heterocycles. The van der Waals surface area contributed by atoms with Crippen molar-refractivity contribution in [2.24, 2.45) is 11.5 Å². The number of hydrogen-bond acceptors (Lipinski definition) is 8. The van der Waals surface area contributed by atoms with E-state index in [1.807, 2.05) is 0 Å². The Labute approximate surface area is 175 Å². The summed E-state index contributed by atoms with van der Waals surface area (Å²) in [4.78, 5) is 25.8. The molecule has 11 heteroatoms. The van der Waals surface area contributed by atoms with E-state index < -0.39 is 0 Å². The molecule has 1 aromatic carbocycles. The van der Waals surface area contributed by atoms with Gasteiger partial charge in [0.25, 0.3) is 0 Å². The minimum atomic E-state index is -0.259. The molecule has 0 saturated heterocycles. The van der Waals surface area contributed by atoms with Crippen LogP contribution in [0, 0.1) is 0 Å². The van der Waals surface area contributed by atoms with Crippen LogP contribution >= 0.6 is 37.2 Å². The van der Waals surface area contributed by atoms with Crippen LogP contribution in [0.15, 0.2) is 24.5 Å².